The molecule has 0 radical (unpaired) electrons. The Morgan fingerprint density at radius 1 is 1.16 bits per heavy atom. The standard InChI is InChI=1S/C20H26O4S/c1-12-10-17(22)20(3)16-5-4-13-11-14(21)8-9-19(13,2)15(16)6-7-18(20)25(12,23)24/h6,10,13,16,18H,4-5,7-9,11H2,1-3H3/t13-,16-,18+,19+,20-/m1/s1. The minimum Gasteiger partial charge on any atom is -0.300 e. The fourth-order valence-corrected chi connectivity index (χ4v) is 8.05. The number of carbonyl (C=O) groups excluding carboxylic acids is 2. The molecule has 5 atom stereocenters. The van der Waals surface area contributed by atoms with Crippen LogP contribution >= 0.6 is 0 Å². The smallest absolute Gasteiger partial charge is 0.178 e. The molecule has 0 bridgehead atoms. The van der Waals surface area contributed by atoms with Crippen LogP contribution in [0.5, 0.6) is 0 Å². The molecule has 3 aliphatic carbocycles. The quantitative estimate of drug-likeness (QED) is 0.620. The van der Waals surface area contributed by atoms with Gasteiger partial charge in [-0.05, 0) is 55.9 Å². The van der Waals surface area contributed by atoms with Crippen molar-refractivity contribution in [1.82, 2.24) is 0 Å². The summed E-state index contributed by atoms with van der Waals surface area (Å²) in [6.07, 6.45) is 7.65. The van der Waals surface area contributed by atoms with Crippen molar-refractivity contribution in [1.29, 1.82) is 0 Å². The largest absolute Gasteiger partial charge is 0.300 e. The van der Waals surface area contributed by atoms with Crippen molar-refractivity contribution in [2.45, 2.75) is 64.5 Å². The van der Waals surface area contributed by atoms with Gasteiger partial charge in [0, 0.05) is 17.7 Å². The second-order valence-corrected chi connectivity index (χ2v) is 11.1. The Balaban J connectivity index is 1.83. The second kappa shape index (κ2) is 5.15. The molecular formula is C20H26O4S. The lowest BCUT2D eigenvalue weighted by atomic mass is 9.48. The normalized spacial score (nSPS) is 45.6. The van der Waals surface area contributed by atoms with Crippen molar-refractivity contribution >= 4 is 21.4 Å². The van der Waals surface area contributed by atoms with E-state index in [4.69, 9.17) is 0 Å². The van der Waals surface area contributed by atoms with Crippen LogP contribution in [-0.4, -0.2) is 25.2 Å². The predicted molar refractivity (Wildman–Crippen MR) is 95.5 cm³/mol. The summed E-state index contributed by atoms with van der Waals surface area (Å²) in [7, 11) is -3.42. The van der Waals surface area contributed by atoms with Gasteiger partial charge in [-0.1, -0.05) is 25.5 Å². The van der Waals surface area contributed by atoms with E-state index >= 15 is 0 Å². The van der Waals surface area contributed by atoms with Gasteiger partial charge in [0.25, 0.3) is 0 Å². The number of hydrogen-bond donors (Lipinski definition) is 0. The zero-order valence-corrected chi connectivity index (χ0v) is 16.0. The summed E-state index contributed by atoms with van der Waals surface area (Å²) >= 11 is 0. The third-order valence-corrected chi connectivity index (χ3v) is 10.2. The lowest BCUT2D eigenvalue weighted by Crippen LogP contribution is -2.57. The third-order valence-electron chi connectivity index (χ3n) is 7.77. The molecule has 2 fully saturated rings. The molecule has 0 unspecified atom stereocenters. The van der Waals surface area contributed by atoms with Crippen LogP contribution in [0.1, 0.15) is 59.3 Å². The van der Waals surface area contributed by atoms with Crippen LogP contribution < -0.4 is 0 Å². The summed E-state index contributed by atoms with van der Waals surface area (Å²) < 4.78 is 25.8. The van der Waals surface area contributed by atoms with E-state index in [1.54, 1.807) is 0 Å². The molecule has 0 aromatic carbocycles. The molecule has 1 aliphatic heterocycles. The van der Waals surface area contributed by atoms with Gasteiger partial charge < -0.3 is 0 Å². The molecule has 0 spiro atoms. The Hall–Kier alpha value is -1.23. The van der Waals surface area contributed by atoms with Crippen molar-refractivity contribution in [2.75, 3.05) is 0 Å². The number of sulfone groups is 1. The molecule has 0 aromatic rings. The molecule has 4 rings (SSSR count). The molecule has 25 heavy (non-hydrogen) atoms. The SMILES string of the molecule is CC1=CC(=O)[C@@]2(C)[C@@H]3CC[C@@H]4CC(=O)CC[C@]4(C)C3=CC[C@@H]2S1(=O)=O. The summed E-state index contributed by atoms with van der Waals surface area (Å²) in [5, 5.41) is -0.642. The Labute approximate surface area is 149 Å². The highest BCUT2D eigenvalue weighted by Gasteiger charge is 2.61. The average Bonchev–Trinajstić information content (AvgIpc) is 2.54. The highest BCUT2D eigenvalue weighted by atomic mass is 32.2. The number of ketones is 2. The first-order valence-electron chi connectivity index (χ1n) is 9.30. The molecule has 4 aliphatic rings. The first-order chi connectivity index (χ1) is 11.6. The van der Waals surface area contributed by atoms with E-state index in [-0.39, 0.29) is 22.0 Å². The number of fused-ring (bicyclic) bond motifs is 5. The molecule has 0 amide bonds. The van der Waals surface area contributed by atoms with E-state index in [0.717, 1.165) is 19.3 Å². The molecule has 0 aromatic heterocycles. The number of Topliss-reactive ketones (excluding diaryl/α,β-unsaturated/α-hetero) is 1. The number of rotatable bonds is 0. The van der Waals surface area contributed by atoms with E-state index < -0.39 is 20.5 Å². The molecular weight excluding hydrogens is 336 g/mol. The zero-order chi connectivity index (χ0) is 18.2. The molecule has 5 heteroatoms. The second-order valence-electron chi connectivity index (χ2n) is 8.82. The topological polar surface area (TPSA) is 68.3 Å². The van der Waals surface area contributed by atoms with Crippen molar-refractivity contribution in [3.63, 3.8) is 0 Å². The lowest BCUT2D eigenvalue weighted by Gasteiger charge is -2.57. The van der Waals surface area contributed by atoms with Crippen LogP contribution in [0.25, 0.3) is 0 Å². The Morgan fingerprint density at radius 3 is 2.60 bits per heavy atom. The lowest BCUT2D eigenvalue weighted by molar-refractivity contribution is -0.130. The molecule has 136 valence electrons. The van der Waals surface area contributed by atoms with Gasteiger partial charge >= 0.3 is 0 Å². The van der Waals surface area contributed by atoms with Crippen molar-refractivity contribution in [3.8, 4) is 0 Å². The number of hydrogen-bond acceptors (Lipinski definition) is 4. The van der Waals surface area contributed by atoms with Crippen LogP contribution in [0.15, 0.2) is 22.6 Å². The fraction of sp³-hybridized carbons (Fsp3) is 0.700. The molecule has 0 N–H and O–H groups in total. The Morgan fingerprint density at radius 2 is 1.88 bits per heavy atom. The van der Waals surface area contributed by atoms with Crippen LogP contribution in [0.3, 0.4) is 0 Å². The summed E-state index contributed by atoms with van der Waals surface area (Å²) in [6.45, 7) is 5.64. The van der Waals surface area contributed by atoms with Gasteiger partial charge in [-0.2, -0.15) is 0 Å². The summed E-state index contributed by atoms with van der Waals surface area (Å²) in [4.78, 5) is 25.1. The fourth-order valence-electron chi connectivity index (χ4n) is 6.05. The van der Waals surface area contributed by atoms with Gasteiger partial charge in [0.05, 0.1) is 10.7 Å². The zero-order valence-electron chi connectivity index (χ0n) is 15.2. The van der Waals surface area contributed by atoms with Gasteiger partial charge in [-0.15, -0.1) is 0 Å². The minimum atomic E-state index is -3.42. The Kier molecular flexibility index (Phi) is 3.54. The van der Waals surface area contributed by atoms with Crippen molar-refractivity contribution in [2.24, 2.45) is 22.7 Å². The highest BCUT2D eigenvalue weighted by molar-refractivity contribution is 7.96. The summed E-state index contributed by atoms with van der Waals surface area (Å²) in [5.74, 6) is 0.627. The first-order valence-corrected chi connectivity index (χ1v) is 10.9. The Bertz CT molecular complexity index is 834. The van der Waals surface area contributed by atoms with Crippen molar-refractivity contribution < 1.29 is 18.0 Å². The van der Waals surface area contributed by atoms with Crippen molar-refractivity contribution in [3.05, 3.63) is 22.6 Å². The van der Waals surface area contributed by atoms with Crippen LogP contribution in [-0.2, 0) is 19.4 Å². The van der Waals surface area contributed by atoms with Crippen LogP contribution in [0.2, 0.25) is 0 Å². The predicted octanol–water partition coefficient (Wildman–Crippen LogP) is 3.38. The average molecular weight is 362 g/mol. The summed E-state index contributed by atoms with van der Waals surface area (Å²) in [5.41, 5.74) is 0.328. The monoisotopic (exact) mass is 362 g/mol. The minimum absolute atomic E-state index is 0.0210. The van der Waals surface area contributed by atoms with E-state index in [0.29, 0.717) is 31.0 Å². The van der Waals surface area contributed by atoms with E-state index in [2.05, 4.69) is 13.0 Å². The third kappa shape index (κ3) is 2.08. The highest BCUT2D eigenvalue weighted by Crippen LogP contribution is 2.62. The molecule has 4 nitrogen and oxygen atoms in total. The van der Waals surface area contributed by atoms with E-state index in [1.165, 1.54) is 18.6 Å². The molecule has 2 saturated carbocycles. The summed E-state index contributed by atoms with van der Waals surface area (Å²) in [6, 6.07) is 0. The van der Waals surface area contributed by atoms with Crippen LogP contribution in [0.4, 0.5) is 0 Å². The van der Waals surface area contributed by atoms with Gasteiger partial charge in [0.1, 0.15) is 5.78 Å². The number of carbonyl (C=O) groups is 2. The molecule has 0 saturated heterocycles. The molecule has 1 heterocycles. The number of allylic oxidation sites excluding steroid dienone is 4. The van der Waals surface area contributed by atoms with E-state index in [9.17, 15) is 18.0 Å². The maximum Gasteiger partial charge on any atom is 0.178 e. The first kappa shape index (κ1) is 17.2. The van der Waals surface area contributed by atoms with Gasteiger partial charge in [-0.3, -0.25) is 9.59 Å². The van der Waals surface area contributed by atoms with Gasteiger partial charge in [-0.25, -0.2) is 8.42 Å². The maximum atomic E-state index is 13.0. The van der Waals surface area contributed by atoms with Crippen LogP contribution in [0, 0.1) is 22.7 Å². The van der Waals surface area contributed by atoms with Gasteiger partial charge in [0.2, 0.25) is 0 Å². The van der Waals surface area contributed by atoms with Gasteiger partial charge in [0.15, 0.2) is 15.6 Å². The maximum absolute atomic E-state index is 13.0. The van der Waals surface area contributed by atoms with E-state index in [1.807, 2.05) is 6.92 Å².